The fraction of sp³-hybridized carbons (Fsp3) is 0.571. The Kier molecular flexibility index (Phi) is 6.09. The van der Waals surface area contributed by atoms with Crippen molar-refractivity contribution in [3.63, 3.8) is 0 Å². The van der Waals surface area contributed by atoms with Gasteiger partial charge in [0.1, 0.15) is 0 Å². The maximum atomic E-state index is 11.0. The second-order valence-electron chi connectivity index (χ2n) is 5.18. The quantitative estimate of drug-likeness (QED) is 0.781. The van der Waals surface area contributed by atoms with E-state index >= 15 is 0 Å². The molecule has 0 aliphatic heterocycles. The number of hydrogen-bond donors (Lipinski definition) is 1. The predicted octanol–water partition coefficient (Wildman–Crippen LogP) is 3.31. The number of aromatic nitrogens is 1. The lowest BCUT2D eigenvalue weighted by Crippen LogP contribution is -2.33. The molecule has 1 rings (SSSR count). The molecule has 1 atom stereocenters. The van der Waals surface area contributed by atoms with Crippen LogP contribution in [0.4, 0.5) is 5.69 Å². The smallest absolute Gasteiger partial charge is 0.308 e. The summed E-state index contributed by atoms with van der Waals surface area (Å²) in [4.78, 5) is 17.1. The number of nitrogens with zero attached hydrogens (tertiary/aromatic N) is 2. The minimum Gasteiger partial charge on any atom is -0.481 e. The minimum atomic E-state index is -0.797. The number of hydrogen-bond acceptors (Lipinski definition) is 3. The van der Waals surface area contributed by atoms with Crippen molar-refractivity contribution in [1.82, 2.24) is 4.98 Å². The van der Waals surface area contributed by atoms with E-state index in [0.717, 1.165) is 18.7 Å². The number of pyridine rings is 1. The van der Waals surface area contributed by atoms with Gasteiger partial charge in [0.15, 0.2) is 5.15 Å². The fourth-order valence-electron chi connectivity index (χ4n) is 1.75. The van der Waals surface area contributed by atoms with Crippen LogP contribution in [0, 0.1) is 11.8 Å². The van der Waals surface area contributed by atoms with E-state index in [4.69, 9.17) is 16.7 Å². The molecular formula is C14H21ClN2O2. The van der Waals surface area contributed by atoms with Crippen LogP contribution in [0.2, 0.25) is 5.15 Å². The summed E-state index contributed by atoms with van der Waals surface area (Å²) in [6.45, 7) is 7.20. The average molecular weight is 285 g/mol. The van der Waals surface area contributed by atoms with Crippen LogP contribution in [0.5, 0.6) is 0 Å². The van der Waals surface area contributed by atoms with Gasteiger partial charge in [0.2, 0.25) is 0 Å². The Labute approximate surface area is 119 Å². The molecule has 1 N–H and O–H groups in total. The van der Waals surface area contributed by atoms with Crippen molar-refractivity contribution in [3.8, 4) is 0 Å². The Morgan fingerprint density at radius 3 is 2.68 bits per heavy atom. The Bertz CT molecular complexity index is 424. The highest BCUT2D eigenvalue weighted by atomic mass is 35.5. The first-order chi connectivity index (χ1) is 8.91. The third kappa shape index (κ3) is 5.07. The van der Waals surface area contributed by atoms with Crippen LogP contribution >= 0.6 is 11.6 Å². The molecule has 1 aromatic heterocycles. The zero-order chi connectivity index (χ0) is 14.4. The first-order valence-corrected chi connectivity index (χ1v) is 6.88. The average Bonchev–Trinajstić information content (AvgIpc) is 2.34. The van der Waals surface area contributed by atoms with Crippen LogP contribution in [0.25, 0.3) is 0 Å². The highest BCUT2D eigenvalue weighted by molar-refractivity contribution is 6.32. The van der Waals surface area contributed by atoms with Crippen LogP contribution in [-0.4, -0.2) is 29.1 Å². The van der Waals surface area contributed by atoms with Crippen molar-refractivity contribution >= 4 is 23.3 Å². The van der Waals surface area contributed by atoms with Gasteiger partial charge in [-0.3, -0.25) is 4.79 Å². The molecule has 0 aliphatic rings. The molecule has 0 bridgehead atoms. The van der Waals surface area contributed by atoms with E-state index in [1.165, 1.54) is 0 Å². The van der Waals surface area contributed by atoms with Gasteiger partial charge in [-0.2, -0.15) is 0 Å². The Morgan fingerprint density at radius 1 is 1.47 bits per heavy atom. The van der Waals surface area contributed by atoms with Crippen molar-refractivity contribution < 1.29 is 9.90 Å². The number of carbonyl (C=O) groups is 1. The number of anilines is 1. The predicted molar refractivity (Wildman–Crippen MR) is 77.7 cm³/mol. The van der Waals surface area contributed by atoms with E-state index in [9.17, 15) is 4.79 Å². The van der Waals surface area contributed by atoms with Crippen LogP contribution in [-0.2, 0) is 4.79 Å². The lowest BCUT2D eigenvalue weighted by atomic mass is 10.1. The van der Waals surface area contributed by atoms with E-state index in [2.05, 4.69) is 18.8 Å². The largest absolute Gasteiger partial charge is 0.481 e. The van der Waals surface area contributed by atoms with Crippen molar-refractivity contribution in [2.24, 2.45) is 11.8 Å². The molecule has 0 saturated carbocycles. The lowest BCUT2D eigenvalue weighted by Gasteiger charge is -2.27. The molecule has 1 heterocycles. The Morgan fingerprint density at radius 2 is 2.16 bits per heavy atom. The van der Waals surface area contributed by atoms with Gasteiger partial charge in [-0.15, -0.1) is 0 Å². The van der Waals surface area contributed by atoms with Gasteiger partial charge in [0.25, 0.3) is 0 Å². The number of carboxylic acid groups (broad SMARTS) is 1. The molecule has 5 heteroatoms. The second kappa shape index (κ2) is 7.34. The van der Waals surface area contributed by atoms with E-state index in [1.807, 2.05) is 17.0 Å². The Balaban J connectivity index is 2.85. The molecule has 1 unspecified atom stereocenters. The summed E-state index contributed by atoms with van der Waals surface area (Å²) >= 11 is 6.10. The first-order valence-electron chi connectivity index (χ1n) is 6.50. The van der Waals surface area contributed by atoms with Crippen molar-refractivity contribution in [2.45, 2.75) is 27.2 Å². The van der Waals surface area contributed by atoms with E-state index < -0.39 is 11.9 Å². The zero-order valence-corrected chi connectivity index (χ0v) is 12.4. The zero-order valence-electron chi connectivity index (χ0n) is 11.6. The molecule has 1 aromatic rings. The van der Waals surface area contributed by atoms with Gasteiger partial charge in [-0.25, -0.2) is 4.98 Å². The summed E-state index contributed by atoms with van der Waals surface area (Å²) in [7, 11) is 0. The standard InChI is InChI=1S/C14H21ClN2O2/c1-10(2)6-8-17(9-11(3)14(18)19)12-5-4-7-16-13(12)15/h4-5,7,10-11H,6,8-9H2,1-3H3,(H,18,19). The summed E-state index contributed by atoms with van der Waals surface area (Å²) in [5, 5.41) is 9.47. The fourth-order valence-corrected chi connectivity index (χ4v) is 1.99. The number of aliphatic carboxylic acids is 1. The molecule has 106 valence electrons. The monoisotopic (exact) mass is 284 g/mol. The first kappa shape index (κ1) is 15.8. The normalized spacial score (nSPS) is 12.5. The van der Waals surface area contributed by atoms with Crippen LogP contribution in [0.15, 0.2) is 18.3 Å². The maximum absolute atomic E-state index is 11.0. The van der Waals surface area contributed by atoms with Crippen LogP contribution in [0.3, 0.4) is 0 Å². The molecule has 4 nitrogen and oxygen atoms in total. The third-order valence-corrected chi connectivity index (χ3v) is 3.26. The highest BCUT2D eigenvalue weighted by Gasteiger charge is 2.18. The van der Waals surface area contributed by atoms with Gasteiger partial charge < -0.3 is 10.0 Å². The molecule has 0 aliphatic carbocycles. The van der Waals surface area contributed by atoms with Gasteiger partial charge in [-0.05, 0) is 24.5 Å². The highest BCUT2D eigenvalue weighted by Crippen LogP contribution is 2.24. The minimum absolute atomic E-state index is 0.420. The second-order valence-corrected chi connectivity index (χ2v) is 5.54. The van der Waals surface area contributed by atoms with Crippen molar-refractivity contribution in [3.05, 3.63) is 23.5 Å². The summed E-state index contributed by atoms with van der Waals surface area (Å²) in [5.41, 5.74) is 0.804. The van der Waals surface area contributed by atoms with E-state index in [1.54, 1.807) is 13.1 Å². The Hall–Kier alpha value is -1.29. The SMILES string of the molecule is CC(C)CCN(CC(C)C(=O)O)c1cccnc1Cl. The van der Waals surface area contributed by atoms with Gasteiger partial charge >= 0.3 is 5.97 Å². The molecule has 0 spiro atoms. The van der Waals surface area contributed by atoms with Gasteiger partial charge in [0.05, 0.1) is 11.6 Å². The van der Waals surface area contributed by atoms with Crippen LogP contribution < -0.4 is 4.90 Å². The van der Waals surface area contributed by atoms with Crippen molar-refractivity contribution in [2.75, 3.05) is 18.0 Å². The van der Waals surface area contributed by atoms with Crippen LogP contribution in [0.1, 0.15) is 27.2 Å². The lowest BCUT2D eigenvalue weighted by molar-refractivity contribution is -0.140. The number of carboxylic acids is 1. The third-order valence-electron chi connectivity index (χ3n) is 2.97. The van der Waals surface area contributed by atoms with Gasteiger partial charge in [-0.1, -0.05) is 32.4 Å². The molecular weight excluding hydrogens is 264 g/mol. The van der Waals surface area contributed by atoms with E-state index in [0.29, 0.717) is 17.6 Å². The summed E-state index contributed by atoms with van der Waals surface area (Å²) < 4.78 is 0. The summed E-state index contributed by atoms with van der Waals surface area (Å²) in [6, 6.07) is 3.69. The molecule has 0 saturated heterocycles. The molecule has 0 aromatic carbocycles. The number of halogens is 1. The number of rotatable bonds is 7. The van der Waals surface area contributed by atoms with Gasteiger partial charge in [0, 0.05) is 19.3 Å². The summed E-state index contributed by atoms with van der Waals surface area (Å²) in [5.74, 6) is -0.684. The van der Waals surface area contributed by atoms with Crippen molar-refractivity contribution in [1.29, 1.82) is 0 Å². The maximum Gasteiger partial charge on any atom is 0.308 e. The molecule has 0 amide bonds. The molecule has 19 heavy (non-hydrogen) atoms. The molecule has 0 radical (unpaired) electrons. The topological polar surface area (TPSA) is 53.4 Å². The molecule has 0 fully saturated rings. The van der Waals surface area contributed by atoms with E-state index in [-0.39, 0.29) is 0 Å². The summed E-state index contributed by atoms with van der Waals surface area (Å²) in [6.07, 6.45) is 2.62.